The van der Waals surface area contributed by atoms with Crippen molar-refractivity contribution in [1.29, 1.82) is 0 Å². The molecule has 1 fully saturated rings. The van der Waals surface area contributed by atoms with Crippen molar-refractivity contribution in [2.75, 3.05) is 0 Å². The Morgan fingerprint density at radius 3 is 2.62 bits per heavy atom. The van der Waals surface area contributed by atoms with Gasteiger partial charge in [0.15, 0.2) is 5.78 Å². The van der Waals surface area contributed by atoms with Crippen LogP contribution in [0.1, 0.15) is 19.3 Å². The molecule has 0 heterocycles. The lowest BCUT2D eigenvalue weighted by molar-refractivity contribution is -0.115. The van der Waals surface area contributed by atoms with E-state index < -0.39 is 0 Å². The van der Waals surface area contributed by atoms with Gasteiger partial charge in [-0.2, -0.15) is 0 Å². The molecule has 0 aliphatic heterocycles. The number of fused-ring (bicyclic) bond motifs is 2. The lowest BCUT2D eigenvalue weighted by atomic mass is 10.1. The van der Waals surface area contributed by atoms with E-state index in [4.69, 9.17) is 0 Å². The summed E-state index contributed by atoms with van der Waals surface area (Å²) in [7, 11) is 0. The van der Waals surface area contributed by atoms with Crippen LogP contribution in [0.15, 0.2) is 11.6 Å². The topological polar surface area (TPSA) is 17.1 Å². The Labute approximate surface area is 48.4 Å². The van der Waals surface area contributed by atoms with Crippen molar-refractivity contribution in [3.05, 3.63) is 11.6 Å². The highest BCUT2D eigenvalue weighted by Crippen LogP contribution is 2.36. The van der Waals surface area contributed by atoms with Crippen LogP contribution in [-0.2, 0) is 4.79 Å². The van der Waals surface area contributed by atoms with Crippen molar-refractivity contribution < 1.29 is 4.79 Å². The summed E-state index contributed by atoms with van der Waals surface area (Å²) in [5, 5.41) is 0. The lowest BCUT2D eigenvalue weighted by Crippen LogP contribution is -1.97. The number of carbonyl (C=O) groups is 1. The number of Topliss-reactive ketones (excluding diaryl/α,β-unsaturated/α-hetero) is 1. The molecule has 1 saturated carbocycles. The molecule has 1 heteroatoms. The molecule has 0 spiro atoms. The molecule has 0 unspecified atom stereocenters. The van der Waals surface area contributed by atoms with Crippen LogP contribution in [0.5, 0.6) is 0 Å². The fourth-order valence-corrected chi connectivity index (χ4v) is 1.56. The number of rotatable bonds is 0. The molecular weight excluding hydrogens is 100 g/mol. The number of hydrogen-bond donors (Lipinski definition) is 0. The Morgan fingerprint density at radius 1 is 1.50 bits per heavy atom. The largest absolute Gasteiger partial charge is 0.295 e. The highest BCUT2D eigenvalue weighted by Gasteiger charge is 2.30. The summed E-state index contributed by atoms with van der Waals surface area (Å²) >= 11 is 0. The third-order valence-corrected chi connectivity index (χ3v) is 2.04. The van der Waals surface area contributed by atoms with Crippen LogP contribution in [-0.4, -0.2) is 5.78 Å². The summed E-state index contributed by atoms with van der Waals surface area (Å²) in [6.07, 6.45) is 5.18. The standard InChI is InChI=1S/C7H8O/c8-7-4-5-1-2-6(7)3-5/h2,5H,1,3-4H2/t5-/m0/s1. The molecule has 1 nitrogen and oxygen atoms in total. The zero-order chi connectivity index (χ0) is 5.56. The molecule has 1 atom stereocenters. The monoisotopic (exact) mass is 108 g/mol. The normalized spacial score (nSPS) is 33.8. The zero-order valence-electron chi connectivity index (χ0n) is 4.68. The van der Waals surface area contributed by atoms with Crippen LogP contribution in [0.4, 0.5) is 0 Å². The van der Waals surface area contributed by atoms with Crippen molar-refractivity contribution >= 4 is 5.78 Å². The molecule has 0 N–H and O–H groups in total. The van der Waals surface area contributed by atoms with E-state index in [0.29, 0.717) is 11.7 Å². The van der Waals surface area contributed by atoms with E-state index >= 15 is 0 Å². The Morgan fingerprint density at radius 2 is 2.38 bits per heavy atom. The van der Waals surface area contributed by atoms with Gasteiger partial charge >= 0.3 is 0 Å². The Balaban J connectivity index is 2.40. The SMILES string of the molecule is O=C1C[C@H]2CC=C1C2. The zero-order valence-corrected chi connectivity index (χ0v) is 4.68. The molecule has 0 radical (unpaired) electrons. The highest BCUT2D eigenvalue weighted by molar-refractivity contribution is 5.98. The molecule has 2 rings (SSSR count). The van der Waals surface area contributed by atoms with Gasteiger partial charge in [-0.1, -0.05) is 6.08 Å². The van der Waals surface area contributed by atoms with Gasteiger partial charge < -0.3 is 0 Å². The summed E-state index contributed by atoms with van der Waals surface area (Å²) in [6, 6.07) is 0. The third-order valence-electron chi connectivity index (χ3n) is 2.04. The fraction of sp³-hybridized carbons (Fsp3) is 0.571. The van der Waals surface area contributed by atoms with Crippen molar-refractivity contribution in [1.82, 2.24) is 0 Å². The quantitative estimate of drug-likeness (QED) is 0.457. The van der Waals surface area contributed by atoms with Gasteiger partial charge in [0.05, 0.1) is 0 Å². The first kappa shape index (κ1) is 4.30. The Bertz CT molecular complexity index is 165. The molecule has 0 saturated heterocycles. The van der Waals surface area contributed by atoms with Crippen LogP contribution < -0.4 is 0 Å². The Kier molecular flexibility index (Phi) is 0.655. The minimum absolute atomic E-state index is 0.404. The summed E-state index contributed by atoms with van der Waals surface area (Å²) in [6.45, 7) is 0. The molecule has 2 aliphatic rings. The summed E-state index contributed by atoms with van der Waals surface area (Å²) in [5.74, 6) is 1.11. The van der Waals surface area contributed by atoms with E-state index in [1.807, 2.05) is 0 Å². The van der Waals surface area contributed by atoms with Gasteiger partial charge in [-0.25, -0.2) is 0 Å². The number of carbonyl (C=O) groups excluding carboxylic acids is 1. The molecule has 0 aromatic rings. The van der Waals surface area contributed by atoms with Crippen molar-refractivity contribution in [2.24, 2.45) is 5.92 Å². The van der Waals surface area contributed by atoms with Crippen LogP contribution in [0.3, 0.4) is 0 Å². The van der Waals surface area contributed by atoms with Crippen LogP contribution in [0, 0.1) is 5.92 Å². The van der Waals surface area contributed by atoms with E-state index in [1.54, 1.807) is 0 Å². The van der Waals surface area contributed by atoms with Crippen molar-refractivity contribution in [3.63, 3.8) is 0 Å². The van der Waals surface area contributed by atoms with Gasteiger partial charge in [-0.15, -0.1) is 0 Å². The van der Waals surface area contributed by atoms with E-state index in [-0.39, 0.29) is 0 Å². The summed E-state index contributed by atoms with van der Waals surface area (Å²) in [5.41, 5.74) is 1.11. The van der Waals surface area contributed by atoms with E-state index in [2.05, 4.69) is 6.08 Å². The van der Waals surface area contributed by atoms with Crippen LogP contribution in [0.2, 0.25) is 0 Å². The second kappa shape index (κ2) is 1.22. The molecule has 2 aliphatic carbocycles. The van der Waals surface area contributed by atoms with E-state index in [0.717, 1.165) is 18.4 Å². The van der Waals surface area contributed by atoms with Gasteiger partial charge in [0.25, 0.3) is 0 Å². The maximum atomic E-state index is 10.8. The Hall–Kier alpha value is -0.590. The second-order valence-corrected chi connectivity index (χ2v) is 2.66. The molecule has 8 heavy (non-hydrogen) atoms. The molecule has 2 bridgehead atoms. The molecular formula is C7H8O. The van der Waals surface area contributed by atoms with Crippen molar-refractivity contribution in [2.45, 2.75) is 19.3 Å². The highest BCUT2D eigenvalue weighted by atomic mass is 16.1. The fourth-order valence-electron chi connectivity index (χ4n) is 1.56. The summed E-state index contributed by atoms with van der Waals surface area (Å²) in [4.78, 5) is 10.8. The average molecular weight is 108 g/mol. The predicted molar refractivity (Wildman–Crippen MR) is 30.4 cm³/mol. The molecule has 0 aromatic heterocycles. The smallest absolute Gasteiger partial charge is 0.158 e. The maximum Gasteiger partial charge on any atom is 0.158 e. The van der Waals surface area contributed by atoms with Gasteiger partial charge in [0.1, 0.15) is 0 Å². The molecule has 0 amide bonds. The molecule has 42 valence electrons. The summed E-state index contributed by atoms with van der Waals surface area (Å²) < 4.78 is 0. The number of allylic oxidation sites excluding steroid dienone is 2. The van der Waals surface area contributed by atoms with Crippen LogP contribution >= 0.6 is 0 Å². The van der Waals surface area contributed by atoms with E-state index in [1.165, 1.54) is 6.42 Å². The first-order chi connectivity index (χ1) is 3.86. The van der Waals surface area contributed by atoms with Gasteiger partial charge in [0.2, 0.25) is 0 Å². The maximum absolute atomic E-state index is 10.8. The third kappa shape index (κ3) is 0.391. The van der Waals surface area contributed by atoms with Gasteiger partial charge in [-0.05, 0) is 24.3 Å². The minimum Gasteiger partial charge on any atom is -0.295 e. The number of hydrogen-bond acceptors (Lipinski definition) is 1. The predicted octanol–water partition coefficient (Wildman–Crippen LogP) is 1.30. The molecule has 0 aromatic carbocycles. The lowest BCUT2D eigenvalue weighted by Gasteiger charge is -1.98. The van der Waals surface area contributed by atoms with Crippen molar-refractivity contribution in [3.8, 4) is 0 Å². The van der Waals surface area contributed by atoms with Gasteiger partial charge in [0, 0.05) is 6.42 Å². The average Bonchev–Trinajstić information content (AvgIpc) is 2.23. The number of ketones is 1. The van der Waals surface area contributed by atoms with Gasteiger partial charge in [-0.3, -0.25) is 4.79 Å². The first-order valence-electron chi connectivity index (χ1n) is 3.08. The first-order valence-corrected chi connectivity index (χ1v) is 3.08. The van der Waals surface area contributed by atoms with Crippen LogP contribution in [0.25, 0.3) is 0 Å². The second-order valence-electron chi connectivity index (χ2n) is 2.66. The minimum atomic E-state index is 0.404. The van der Waals surface area contributed by atoms with E-state index in [9.17, 15) is 4.79 Å².